The first-order chi connectivity index (χ1) is 6.47. The molecule has 74 valence electrons. The Balaban J connectivity index is 0. The van der Waals surface area contributed by atoms with Crippen molar-refractivity contribution in [2.45, 2.75) is 27.7 Å². The van der Waals surface area contributed by atoms with Gasteiger partial charge in [0.2, 0.25) is 0 Å². The van der Waals surface area contributed by atoms with E-state index in [0.29, 0.717) is 0 Å². The molecule has 1 heterocycles. The SMILES string of the molecule is CC.CC.[HH].c1ccc2[nH]ccc2c1. The molecule has 0 bridgehead atoms. The number of hydrogen-bond donors (Lipinski definition) is 1. The number of nitrogens with one attached hydrogen (secondary N) is 1. The first-order valence-electron chi connectivity index (χ1n) is 4.99. The van der Waals surface area contributed by atoms with Gasteiger partial charge in [-0.05, 0) is 17.5 Å². The van der Waals surface area contributed by atoms with E-state index in [4.69, 9.17) is 0 Å². The molecule has 13 heavy (non-hydrogen) atoms. The number of para-hydroxylation sites is 1. The Kier molecular flexibility index (Phi) is 6.70. The zero-order chi connectivity index (χ0) is 10.1. The summed E-state index contributed by atoms with van der Waals surface area (Å²) in [6.45, 7) is 8.00. The second kappa shape index (κ2) is 7.41. The third-order valence-electron chi connectivity index (χ3n) is 1.46. The zero-order valence-corrected chi connectivity index (χ0v) is 8.96. The normalized spacial score (nSPS) is 8.00. The average Bonchev–Trinajstić information content (AvgIpc) is 2.71. The highest BCUT2D eigenvalue weighted by Crippen LogP contribution is 2.09. The highest BCUT2D eigenvalue weighted by Gasteiger charge is 1.86. The van der Waals surface area contributed by atoms with E-state index in [0.717, 1.165) is 0 Å². The van der Waals surface area contributed by atoms with Crippen LogP contribution in [0.25, 0.3) is 10.9 Å². The molecule has 1 nitrogen and oxygen atoms in total. The van der Waals surface area contributed by atoms with Gasteiger partial charge in [0.05, 0.1) is 0 Å². The Bertz CT molecular complexity index is 284. The summed E-state index contributed by atoms with van der Waals surface area (Å²) < 4.78 is 0. The van der Waals surface area contributed by atoms with Gasteiger partial charge in [0.25, 0.3) is 0 Å². The molecule has 0 atom stereocenters. The van der Waals surface area contributed by atoms with Crippen molar-refractivity contribution in [1.29, 1.82) is 0 Å². The van der Waals surface area contributed by atoms with Gasteiger partial charge in [0.1, 0.15) is 0 Å². The van der Waals surface area contributed by atoms with Crippen LogP contribution in [0.15, 0.2) is 36.5 Å². The van der Waals surface area contributed by atoms with Crippen LogP contribution in [0, 0.1) is 0 Å². The number of aromatic nitrogens is 1. The molecule has 0 saturated carbocycles. The van der Waals surface area contributed by atoms with Crippen LogP contribution in [0.1, 0.15) is 29.1 Å². The van der Waals surface area contributed by atoms with Gasteiger partial charge < -0.3 is 4.98 Å². The summed E-state index contributed by atoms with van der Waals surface area (Å²) in [7, 11) is 0. The van der Waals surface area contributed by atoms with Crippen LogP contribution in [0.4, 0.5) is 0 Å². The maximum absolute atomic E-state index is 3.12. The third kappa shape index (κ3) is 3.32. The van der Waals surface area contributed by atoms with Crippen LogP contribution in [0.2, 0.25) is 0 Å². The summed E-state index contributed by atoms with van der Waals surface area (Å²) in [6, 6.07) is 10.3. The Morgan fingerprint density at radius 1 is 0.923 bits per heavy atom. The summed E-state index contributed by atoms with van der Waals surface area (Å²) in [5, 5.41) is 1.28. The molecule has 1 N–H and O–H groups in total. The van der Waals surface area contributed by atoms with Crippen molar-refractivity contribution in [3.63, 3.8) is 0 Å². The third-order valence-corrected chi connectivity index (χ3v) is 1.46. The van der Waals surface area contributed by atoms with E-state index < -0.39 is 0 Å². The van der Waals surface area contributed by atoms with Gasteiger partial charge in [-0.15, -0.1) is 0 Å². The molecular weight excluding hydrogens is 158 g/mol. The smallest absolute Gasteiger partial charge is 0.0453 e. The van der Waals surface area contributed by atoms with Crippen LogP contribution in [0.5, 0.6) is 0 Å². The van der Waals surface area contributed by atoms with E-state index >= 15 is 0 Å². The minimum absolute atomic E-state index is 0. The molecule has 0 amide bonds. The molecule has 2 aromatic rings. The Morgan fingerprint density at radius 3 is 2.15 bits per heavy atom. The predicted molar refractivity (Wildman–Crippen MR) is 63.1 cm³/mol. The Hall–Kier alpha value is -1.24. The lowest BCUT2D eigenvalue weighted by Gasteiger charge is -1.83. The number of fused-ring (bicyclic) bond motifs is 1. The van der Waals surface area contributed by atoms with Crippen LogP contribution >= 0.6 is 0 Å². The number of benzene rings is 1. The molecule has 0 unspecified atom stereocenters. The van der Waals surface area contributed by atoms with Crippen LogP contribution in [-0.4, -0.2) is 4.98 Å². The Labute approximate surface area is 82.3 Å². The van der Waals surface area contributed by atoms with Gasteiger partial charge in [-0.2, -0.15) is 0 Å². The maximum Gasteiger partial charge on any atom is 0.0453 e. The summed E-state index contributed by atoms with van der Waals surface area (Å²) in [4.78, 5) is 3.12. The molecule has 1 heteroatoms. The minimum atomic E-state index is 0. The average molecular weight is 179 g/mol. The number of aromatic amines is 1. The van der Waals surface area contributed by atoms with E-state index in [9.17, 15) is 0 Å². The largest absolute Gasteiger partial charge is 0.361 e. The fourth-order valence-electron chi connectivity index (χ4n) is 0.995. The van der Waals surface area contributed by atoms with Gasteiger partial charge in [-0.25, -0.2) is 0 Å². The van der Waals surface area contributed by atoms with Gasteiger partial charge in [-0.3, -0.25) is 0 Å². The molecular formula is C12H21N. The molecule has 1 aromatic carbocycles. The standard InChI is InChI=1S/C8H7N.2C2H6.H2/c1-2-4-8-7(3-1)5-6-9-8;2*1-2;/h1-6,9H;2*1-2H3;1H. The van der Waals surface area contributed by atoms with E-state index in [1.807, 2.05) is 46.0 Å². The highest BCUT2D eigenvalue weighted by molar-refractivity contribution is 5.78. The van der Waals surface area contributed by atoms with Crippen LogP contribution in [-0.2, 0) is 0 Å². The van der Waals surface area contributed by atoms with Gasteiger partial charge in [-0.1, -0.05) is 45.9 Å². The van der Waals surface area contributed by atoms with Crippen molar-refractivity contribution in [3.05, 3.63) is 36.5 Å². The van der Waals surface area contributed by atoms with Crippen molar-refractivity contribution < 1.29 is 1.43 Å². The fourth-order valence-corrected chi connectivity index (χ4v) is 0.995. The van der Waals surface area contributed by atoms with Crippen molar-refractivity contribution in [2.75, 3.05) is 0 Å². The first kappa shape index (κ1) is 11.8. The predicted octanol–water partition coefficient (Wildman–Crippen LogP) is 4.47. The zero-order valence-electron chi connectivity index (χ0n) is 8.96. The monoisotopic (exact) mass is 179 g/mol. The number of rotatable bonds is 0. The molecule has 0 fully saturated rings. The van der Waals surface area contributed by atoms with Gasteiger partial charge in [0.15, 0.2) is 0 Å². The van der Waals surface area contributed by atoms with Gasteiger partial charge >= 0.3 is 0 Å². The van der Waals surface area contributed by atoms with Crippen molar-refractivity contribution in [3.8, 4) is 0 Å². The minimum Gasteiger partial charge on any atom is -0.361 e. The molecule has 0 aliphatic carbocycles. The fraction of sp³-hybridized carbons (Fsp3) is 0.333. The summed E-state index contributed by atoms with van der Waals surface area (Å²) in [5.74, 6) is 0. The van der Waals surface area contributed by atoms with E-state index in [1.54, 1.807) is 0 Å². The van der Waals surface area contributed by atoms with Crippen LogP contribution < -0.4 is 0 Å². The molecule has 0 spiro atoms. The van der Waals surface area contributed by atoms with Crippen molar-refractivity contribution >= 4 is 10.9 Å². The van der Waals surface area contributed by atoms with Crippen molar-refractivity contribution in [1.82, 2.24) is 4.98 Å². The molecule has 0 aliphatic heterocycles. The lowest BCUT2D eigenvalue weighted by molar-refractivity contribution is 1.48. The maximum atomic E-state index is 3.12. The lowest BCUT2D eigenvalue weighted by Crippen LogP contribution is -1.61. The topological polar surface area (TPSA) is 15.8 Å². The van der Waals surface area contributed by atoms with E-state index in [2.05, 4.69) is 23.2 Å². The molecule has 1 aromatic heterocycles. The molecule has 2 rings (SSSR count). The first-order valence-corrected chi connectivity index (χ1v) is 4.99. The quantitative estimate of drug-likeness (QED) is 0.614. The molecule has 0 saturated heterocycles. The molecule has 0 aliphatic rings. The van der Waals surface area contributed by atoms with Crippen molar-refractivity contribution in [2.24, 2.45) is 0 Å². The van der Waals surface area contributed by atoms with Gasteiger partial charge in [0, 0.05) is 13.1 Å². The van der Waals surface area contributed by atoms with E-state index in [-0.39, 0.29) is 1.43 Å². The summed E-state index contributed by atoms with van der Waals surface area (Å²) in [5.41, 5.74) is 1.21. The Morgan fingerprint density at radius 2 is 1.54 bits per heavy atom. The van der Waals surface area contributed by atoms with E-state index in [1.165, 1.54) is 10.9 Å². The van der Waals surface area contributed by atoms with Crippen LogP contribution in [0.3, 0.4) is 0 Å². The number of H-pyrrole nitrogens is 1. The summed E-state index contributed by atoms with van der Waals surface area (Å²) >= 11 is 0. The second-order valence-electron chi connectivity index (χ2n) is 2.06. The highest BCUT2D eigenvalue weighted by atomic mass is 14.6. The number of hydrogen-bond acceptors (Lipinski definition) is 0. The lowest BCUT2D eigenvalue weighted by atomic mass is 10.3. The molecule has 0 radical (unpaired) electrons. The summed E-state index contributed by atoms with van der Waals surface area (Å²) in [6.07, 6.45) is 1.95. The second-order valence-corrected chi connectivity index (χ2v) is 2.06.